The molecule has 2 aliphatic rings. The van der Waals surface area contributed by atoms with Gasteiger partial charge in [0.2, 0.25) is 5.91 Å². The Bertz CT molecular complexity index is 924. The Hall–Kier alpha value is -3.20. The van der Waals surface area contributed by atoms with Crippen LogP contribution in [-0.4, -0.2) is 77.6 Å². The number of rotatable bonds is 9. The van der Waals surface area contributed by atoms with Gasteiger partial charge in [-0.1, -0.05) is 0 Å². The quantitative estimate of drug-likeness (QED) is 0.597. The maximum absolute atomic E-state index is 13.0. The van der Waals surface area contributed by atoms with Crippen molar-refractivity contribution in [3.8, 4) is 5.75 Å². The molecule has 2 N–H and O–H groups in total. The number of aryl methyl sites for hydroxylation is 1. The van der Waals surface area contributed by atoms with E-state index < -0.39 is 0 Å². The molecule has 2 saturated heterocycles. The van der Waals surface area contributed by atoms with Crippen LogP contribution in [0.3, 0.4) is 0 Å². The van der Waals surface area contributed by atoms with E-state index in [0.29, 0.717) is 39.3 Å². The first kappa shape index (κ1) is 23.0. The van der Waals surface area contributed by atoms with E-state index in [1.165, 1.54) is 5.56 Å². The van der Waals surface area contributed by atoms with Gasteiger partial charge in [-0.15, -0.1) is 0 Å². The number of carbonyl (C=O) groups is 2. The van der Waals surface area contributed by atoms with E-state index in [9.17, 15) is 9.59 Å². The fraction of sp³-hybridized carbons (Fsp3) is 0.500. The number of nitrogens with one attached hydrogen (secondary N) is 2. The number of carbonyl (C=O) groups excluding carboxylic acids is 2. The molecule has 2 aromatic heterocycles. The van der Waals surface area contributed by atoms with Crippen molar-refractivity contribution in [3.63, 3.8) is 0 Å². The van der Waals surface area contributed by atoms with Crippen LogP contribution in [0.15, 0.2) is 42.9 Å². The lowest BCUT2D eigenvalue weighted by Crippen LogP contribution is -2.48. The van der Waals surface area contributed by atoms with Crippen LogP contribution in [0.4, 0.5) is 4.79 Å². The van der Waals surface area contributed by atoms with E-state index >= 15 is 0 Å². The van der Waals surface area contributed by atoms with Crippen molar-refractivity contribution in [1.82, 2.24) is 30.4 Å². The number of hydrogen-bond donors (Lipinski definition) is 2. The third-order valence-corrected chi connectivity index (χ3v) is 6.14. The molecule has 9 nitrogen and oxygen atoms in total. The Labute approximate surface area is 194 Å². The highest BCUT2D eigenvalue weighted by molar-refractivity contribution is 5.79. The van der Waals surface area contributed by atoms with Crippen LogP contribution in [-0.2, 0) is 11.3 Å². The normalized spacial score (nSPS) is 21.0. The summed E-state index contributed by atoms with van der Waals surface area (Å²) in [6.07, 6.45) is 6.10. The first-order valence-electron chi connectivity index (χ1n) is 11.5. The number of ether oxygens (including phenoxy) is 1. The molecule has 0 spiro atoms. The van der Waals surface area contributed by atoms with Crippen molar-refractivity contribution < 1.29 is 14.3 Å². The molecule has 176 valence electrons. The number of hydrogen-bond acceptors (Lipinski definition) is 6. The van der Waals surface area contributed by atoms with Gasteiger partial charge in [0.25, 0.3) is 0 Å². The molecule has 0 saturated carbocycles. The summed E-state index contributed by atoms with van der Waals surface area (Å²) in [7, 11) is 0. The Morgan fingerprint density at radius 3 is 2.82 bits per heavy atom. The molecule has 2 aromatic rings. The summed E-state index contributed by atoms with van der Waals surface area (Å²) in [5.41, 5.74) is 2.13. The monoisotopic (exact) mass is 452 g/mol. The average Bonchev–Trinajstić information content (AvgIpc) is 3.24. The van der Waals surface area contributed by atoms with Crippen molar-refractivity contribution in [2.24, 2.45) is 11.8 Å². The van der Waals surface area contributed by atoms with E-state index in [4.69, 9.17) is 4.74 Å². The molecule has 0 aromatic carbocycles. The molecule has 2 aliphatic heterocycles. The lowest BCUT2D eigenvalue weighted by Gasteiger charge is -2.37. The van der Waals surface area contributed by atoms with E-state index in [2.05, 4.69) is 25.5 Å². The summed E-state index contributed by atoms with van der Waals surface area (Å²) in [5.74, 6) is 0.882. The Morgan fingerprint density at radius 1 is 1.24 bits per heavy atom. The summed E-state index contributed by atoms with van der Waals surface area (Å²) in [6, 6.07) is 7.82. The van der Waals surface area contributed by atoms with Crippen molar-refractivity contribution in [1.29, 1.82) is 0 Å². The van der Waals surface area contributed by atoms with Gasteiger partial charge >= 0.3 is 6.03 Å². The second-order valence-electron chi connectivity index (χ2n) is 8.80. The molecule has 0 unspecified atom stereocenters. The van der Waals surface area contributed by atoms with Gasteiger partial charge in [-0.05, 0) is 43.2 Å². The number of urea groups is 1. The number of nitrogens with zero attached hydrogens (tertiary/aromatic N) is 4. The van der Waals surface area contributed by atoms with Crippen LogP contribution >= 0.6 is 0 Å². The summed E-state index contributed by atoms with van der Waals surface area (Å²) < 4.78 is 6.01. The lowest BCUT2D eigenvalue weighted by atomic mass is 9.88. The maximum Gasteiger partial charge on any atom is 0.317 e. The number of aromatic nitrogens is 2. The zero-order valence-corrected chi connectivity index (χ0v) is 19.1. The third-order valence-electron chi connectivity index (χ3n) is 6.14. The average molecular weight is 453 g/mol. The van der Waals surface area contributed by atoms with Gasteiger partial charge < -0.3 is 20.3 Å². The van der Waals surface area contributed by atoms with Gasteiger partial charge in [-0.3, -0.25) is 19.7 Å². The Kier molecular flexibility index (Phi) is 7.72. The molecule has 0 aliphatic carbocycles. The van der Waals surface area contributed by atoms with Crippen LogP contribution in [0.1, 0.15) is 17.7 Å². The minimum absolute atomic E-state index is 0.0380. The van der Waals surface area contributed by atoms with Crippen LogP contribution in [0.5, 0.6) is 5.75 Å². The second-order valence-corrected chi connectivity index (χ2v) is 8.80. The smallest absolute Gasteiger partial charge is 0.317 e. The van der Waals surface area contributed by atoms with Gasteiger partial charge in [0, 0.05) is 69.8 Å². The molecule has 9 heteroatoms. The number of piperidine rings is 1. The van der Waals surface area contributed by atoms with Crippen LogP contribution in [0, 0.1) is 18.8 Å². The number of pyridine rings is 2. The summed E-state index contributed by atoms with van der Waals surface area (Å²) in [4.78, 5) is 37.1. The van der Waals surface area contributed by atoms with Crippen LogP contribution in [0.2, 0.25) is 0 Å². The van der Waals surface area contributed by atoms with E-state index in [1.54, 1.807) is 23.5 Å². The largest absolute Gasteiger partial charge is 0.492 e. The lowest BCUT2D eigenvalue weighted by molar-refractivity contribution is -0.127. The minimum Gasteiger partial charge on any atom is -0.492 e. The number of amides is 3. The molecule has 0 radical (unpaired) electrons. The Balaban J connectivity index is 1.34. The van der Waals surface area contributed by atoms with Crippen molar-refractivity contribution >= 4 is 11.9 Å². The van der Waals surface area contributed by atoms with E-state index in [-0.39, 0.29) is 23.8 Å². The zero-order valence-electron chi connectivity index (χ0n) is 19.1. The van der Waals surface area contributed by atoms with E-state index in [1.807, 2.05) is 31.2 Å². The van der Waals surface area contributed by atoms with Crippen molar-refractivity contribution in [3.05, 3.63) is 54.1 Å². The van der Waals surface area contributed by atoms with Crippen LogP contribution in [0.25, 0.3) is 0 Å². The highest BCUT2D eigenvalue weighted by Gasteiger charge is 2.32. The van der Waals surface area contributed by atoms with Gasteiger partial charge in [-0.2, -0.15) is 0 Å². The fourth-order valence-corrected chi connectivity index (χ4v) is 4.43. The zero-order chi connectivity index (χ0) is 23.0. The first-order valence-corrected chi connectivity index (χ1v) is 11.5. The van der Waals surface area contributed by atoms with Crippen molar-refractivity contribution in [2.75, 3.05) is 45.9 Å². The van der Waals surface area contributed by atoms with Crippen LogP contribution < -0.4 is 15.4 Å². The Morgan fingerprint density at radius 2 is 2.09 bits per heavy atom. The second kappa shape index (κ2) is 11.1. The first-order chi connectivity index (χ1) is 16.1. The molecule has 33 heavy (non-hydrogen) atoms. The maximum atomic E-state index is 13.0. The van der Waals surface area contributed by atoms with Crippen molar-refractivity contribution in [2.45, 2.75) is 19.9 Å². The molecule has 2 fully saturated rings. The van der Waals surface area contributed by atoms with Gasteiger partial charge in [0.05, 0.1) is 18.7 Å². The molecule has 0 bridgehead atoms. The molecular formula is C24H32N6O3. The standard InChI is InChI=1S/C24H32N6O3/c1-18-2-3-22(13-28-18)33-17-20-12-21(16-29(15-20)14-19-4-6-25-7-5-19)23(31)26-8-10-30-11-9-27-24(30)32/h2-7,13,20-21H,8-12,14-17H2,1H3,(H,26,31)(H,27,32)/t20-,21+/m0/s1. The third kappa shape index (κ3) is 6.64. The van der Waals surface area contributed by atoms with E-state index in [0.717, 1.165) is 31.0 Å². The number of likely N-dealkylation sites (tertiary alicyclic amines) is 1. The molecule has 3 amide bonds. The predicted octanol–water partition coefficient (Wildman–Crippen LogP) is 1.44. The summed E-state index contributed by atoms with van der Waals surface area (Å²) >= 11 is 0. The SMILES string of the molecule is Cc1ccc(OC[C@H]2C[C@@H](C(=O)NCCN3CCNC3=O)CN(Cc3ccncc3)C2)cn1. The summed E-state index contributed by atoms with van der Waals surface area (Å²) in [6.45, 7) is 7.14. The van der Waals surface area contributed by atoms with Gasteiger partial charge in [0.1, 0.15) is 5.75 Å². The highest BCUT2D eigenvalue weighted by Crippen LogP contribution is 2.25. The van der Waals surface area contributed by atoms with Gasteiger partial charge in [-0.25, -0.2) is 4.79 Å². The molecular weight excluding hydrogens is 420 g/mol. The molecule has 2 atom stereocenters. The summed E-state index contributed by atoms with van der Waals surface area (Å²) in [5, 5.41) is 5.82. The molecule has 4 rings (SSSR count). The topological polar surface area (TPSA) is 99.7 Å². The highest BCUT2D eigenvalue weighted by atomic mass is 16.5. The molecule has 4 heterocycles. The fourth-order valence-electron chi connectivity index (χ4n) is 4.43. The predicted molar refractivity (Wildman–Crippen MR) is 124 cm³/mol. The minimum atomic E-state index is -0.127. The van der Waals surface area contributed by atoms with Gasteiger partial charge in [0.15, 0.2) is 0 Å².